The van der Waals surface area contributed by atoms with E-state index < -0.39 is 41.8 Å². The predicted molar refractivity (Wildman–Crippen MR) is 108 cm³/mol. The van der Waals surface area contributed by atoms with E-state index in [-0.39, 0.29) is 11.3 Å². The molecule has 0 spiro atoms. The molecule has 0 aromatic carbocycles. The summed E-state index contributed by atoms with van der Waals surface area (Å²) in [6.45, 7) is 4.17. The highest BCUT2D eigenvalue weighted by molar-refractivity contribution is 5.79. The first kappa shape index (κ1) is 25.3. The number of ketones is 1. The second kappa shape index (κ2) is 7.84. The molecule has 9 heteroatoms. The summed E-state index contributed by atoms with van der Waals surface area (Å²) in [6, 6.07) is 0. The van der Waals surface area contributed by atoms with Crippen molar-refractivity contribution in [2.24, 2.45) is 40.4 Å². The maximum absolute atomic E-state index is 13.2. The largest absolute Gasteiger partial charge is 0.426 e. The molecule has 33 heavy (non-hydrogen) atoms. The smallest absolute Gasteiger partial charge is 0.393 e. The zero-order valence-corrected chi connectivity index (χ0v) is 19.1. The van der Waals surface area contributed by atoms with E-state index >= 15 is 0 Å². The van der Waals surface area contributed by atoms with Gasteiger partial charge < -0.3 is 10.2 Å². The SMILES string of the molecule is C[C@]12CCC(=O)C[C@@H]1CC[C@@H]1[C@@H]2CC[C@]2(C)[C@@H]([C@@H](O)CC(O)(C(F)(F)F)C(F)(F)F)CC[C@@H]12. The summed E-state index contributed by atoms with van der Waals surface area (Å²) in [7, 11) is 0. The number of fused-ring (bicyclic) bond motifs is 5. The maximum Gasteiger partial charge on any atom is 0.426 e. The molecule has 0 bridgehead atoms. The van der Waals surface area contributed by atoms with Gasteiger partial charge in [0.25, 0.3) is 5.60 Å². The van der Waals surface area contributed by atoms with Crippen molar-refractivity contribution in [1.82, 2.24) is 0 Å². The van der Waals surface area contributed by atoms with Gasteiger partial charge in [0.2, 0.25) is 0 Å². The molecule has 0 heterocycles. The highest BCUT2D eigenvalue weighted by Gasteiger charge is 2.71. The first-order chi connectivity index (χ1) is 15.0. The summed E-state index contributed by atoms with van der Waals surface area (Å²) >= 11 is 0. The van der Waals surface area contributed by atoms with Crippen LogP contribution in [0.25, 0.3) is 0 Å². The molecule has 8 atom stereocenters. The average Bonchev–Trinajstić information content (AvgIpc) is 3.04. The van der Waals surface area contributed by atoms with Gasteiger partial charge in [-0.05, 0) is 85.4 Å². The predicted octanol–water partition coefficient (Wildman–Crippen LogP) is 5.82. The Morgan fingerprint density at radius 2 is 1.52 bits per heavy atom. The van der Waals surface area contributed by atoms with Crippen LogP contribution in [0.15, 0.2) is 0 Å². The number of halogens is 6. The van der Waals surface area contributed by atoms with Crippen LogP contribution in [0.5, 0.6) is 0 Å². The lowest BCUT2D eigenvalue weighted by Crippen LogP contribution is -2.59. The second-order valence-electron chi connectivity index (χ2n) is 11.8. The Labute approximate surface area is 190 Å². The third-order valence-corrected chi connectivity index (χ3v) is 10.5. The third kappa shape index (κ3) is 3.74. The summed E-state index contributed by atoms with van der Waals surface area (Å²) in [5.74, 6) is 0.748. The van der Waals surface area contributed by atoms with Crippen molar-refractivity contribution in [3.05, 3.63) is 0 Å². The van der Waals surface area contributed by atoms with E-state index in [0.717, 1.165) is 25.7 Å². The van der Waals surface area contributed by atoms with Crippen LogP contribution >= 0.6 is 0 Å². The lowest BCUT2D eigenvalue weighted by molar-refractivity contribution is -0.375. The summed E-state index contributed by atoms with van der Waals surface area (Å²) in [5, 5.41) is 20.3. The molecule has 0 radical (unpaired) electrons. The van der Waals surface area contributed by atoms with Crippen molar-refractivity contribution in [2.45, 2.75) is 102 Å². The van der Waals surface area contributed by atoms with Gasteiger partial charge in [0.05, 0.1) is 6.10 Å². The third-order valence-electron chi connectivity index (χ3n) is 10.5. The Bertz CT molecular complexity index is 765. The quantitative estimate of drug-likeness (QED) is 0.497. The van der Waals surface area contributed by atoms with Crippen LogP contribution < -0.4 is 0 Å². The number of Topliss-reactive ketones (excluding diaryl/α,β-unsaturated/α-hetero) is 1. The van der Waals surface area contributed by atoms with Crippen LogP contribution in [0.3, 0.4) is 0 Å². The Morgan fingerprint density at radius 3 is 2.12 bits per heavy atom. The van der Waals surface area contributed by atoms with Crippen molar-refractivity contribution in [3.8, 4) is 0 Å². The number of hydrogen-bond acceptors (Lipinski definition) is 3. The molecule has 4 saturated carbocycles. The normalized spacial score (nSPS) is 43.0. The maximum atomic E-state index is 13.2. The molecule has 2 N–H and O–H groups in total. The fraction of sp³-hybridized carbons (Fsp3) is 0.958. The first-order valence-corrected chi connectivity index (χ1v) is 12.1. The standard InChI is InChI=1S/C24H34F6O3/c1-20-9-7-14(31)11-13(20)3-4-15-16-5-6-18(21(16,2)10-8-17(15)20)19(32)12-22(33,23(25,26)27)24(28,29)30/h13,15-19,32-33H,3-12H2,1-2H3/t13-,15-,16-,17-,18+,19-,20-,21-/m0/s1. The van der Waals surface area contributed by atoms with Gasteiger partial charge in [-0.2, -0.15) is 26.3 Å². The van der Waals surface area contributed by atoms with E-state index in [0.29, 0.717) is 55.6 Å². The van der Waals surface area contributed by atoms with Crippen LogP contribution in [0.1, 0.15) is 78.1 Å². The monoisotopic (exact) mass is 484 g/mol. The van der Waals surface area contributed by atoms with E-state index in [9.17, 15) is 41.4 Å². The molecule has 0 amide bonds. The molecule has 0 aliphatic heterocycles. The number of carbonyl (C=O) groups is 1. The van der Waals surface area contributed by atoms with Crippen molar-refractivity contribution < 1.29 is 41.4 Å². The lowest BCUT2D eigenvalue weighted by atomic mass is 9.44. The Morgan fingerprint density at radius 1 is 0.909 bits per heavy atom. The number of aliphatic hydroxyl groups is 2. The van der Waals surface area contributed by atoms with Crippen LogP contribution in [0, 0.1) is 40.4 Å². The molecule has 0 saturated heterocycles. The summed E-state index contributed by atoms with van der Waals surface area (Å²) in [4.78, 5) is 12.0. The fourth-order valence-corrected chi connectivity index (χ4v) is 8.56. The number of alkyl halides is 6. The number of aliphatic hydroxyl groups excluding tert-OH is 1. The van der Waals surface area contributed by atoms with E-state index in [4.69, 9.17) is 0 Å². The van der Waals surface area contributed by atoms with Crippen molar-refractivity contribution in [1.29, 1.82) is 0 Å². The minimum absolute atomic E-state index is 0.0433. The molecule has 4 rings (SSSR count). The minimum atomic E-state index is -5.92. The van der Waals surface area contributed by atoms with E-state index in [1.54, 1.807) is 0 Å². The number of hydrogen-bond donors (Lipinski definition) is 2. The topological polar surface area (TPSA) is 57.5 Å². The van der Waals surface area contributed by atoms with Crippen LogP contribution in [-0.4, -0.2) is 40.1 Å². The molecule has 0 aromatic rings. The van der Waals surface area contributed by atoms with Gasteiger partial charge in [0.15, 0.2) is 0 Å². The van der Waals surface area contributed by atoms with Gasteiger partial charge in [0, 0.05) is 19.3 Å². The fourth-order valence-electron chi connectivity index (χ4n) is 8.56. The van der Waals surface area contributed by atoms with Gasteiger partial charge in [-0.1, -0.05) is 13.8 Å². The minimum Gasteiger partial charge on any atom is -0.393 e. The summed E-state index contributed by atoms with van der Waals surface area (Å²) < 4.78 is 79.3. The van der Waals surface area contributed by atoms with Crippen molar-refractivity contribution >= 4 is 5.78 Å². The van der Waals surface area contributed by atoms with Gasteiger partial charge in [0.1, 0.15) is 5.78 Å². The van der Waals surface area contributed by atoms with E-state index in [1.165, 1.54) is 0 Å². The second-order valence-corrected chi connectivity index (χ2v) is 11.8. The van der Waals surface area contributed by atoms with E-state index in [1.807, 2.05) is 6.92 Å². The summed E-state index contributed by atoms with van der Waals surface area (Å²) in [5.41, 5.74) is -5.45. The lowest BCUT2D eigenvalue weighted by Gasteiger charge is -2.60. The van der Waals surface area contributed by atoms with Gasteiger partial charge in [-0.3, -0.25) is 4.79 Å². The average molecular weight is 485 g/mol. The molecule has 0 unspecified atom stereocenters. The molecular formula is C24H34F6O3. The molecule has 190 valence electrons. The Kier molecular flexibility index (Phi) is 6.00. The molecule has 4 aliphatic rings. The molecule has 0 aromatic heterocycles. The van der Waals surface area contributed by atoms with Crippen LogP contribution in [-0.2, 0) is 4.79 Å². The van der Waals surface area contributed by atoms with Crippen LogP contribution in [0.4, 0.5) is 26.3 Å². The Hall–Kier alpha value is -0.830. The summed E-state index contributed by atoms with van der Waals surface area (Å²) in [6.07, 6.45) is -9.21. The van der Waals surface area contributed by atoms with E-state index in [2.05, 4.69) is 6.92 Å². The molecule has 4 fully saturated rings. The Balaban J connectivity index is 1.55. The van der Waals surface area contributed by atoms with Gasteiger partial charge >= 0.3 is 12.4 Å². The molecular weight excluding hydrogens is 450 g/mol. The van der Waals surface area contributed by atoms with Gasteiger partial charge in [-0.25, -0.2) is 0 Å². The highest BCUT2D eigenvalue weighted by atomic mass is 19.4. The molecule has 4 aliphatic carbocycles. The zero-order valence-electron chi connectivity index (χ0n) is 19.1. The zero-order chi connectivity index (χ0) is 24.6. The van der Waals surface area contributed by atoms with Crippen LogP contribution in [0.2, 0.25) is 0 Å². The highest BCUT2D eigenvalue weighted by Crippen LogP contribution is 2.68. The van der Waals surface area contributed by atoms with Crippen molar-refractivity contribution in [3.63, 3.8) is 0 Å². The number of carbonyl (C=O) groups excluding carboxylic acids is 1. The van der Waals surface area contributed by atoms with Crippen molar-refractivity contribution in [2.75, 3.05) is 0 Å². The molecule has 3 nitrogen and oxygen atoms in total. The van der Waals surface area contributed by atoms with Gasteiger partial charge in [-0.15, -0.1) is 0 Å². The number of rotatable bonds is 3. The first-order valence-electron chi connectivity index (χ1n) is 12.1.